The molecule has 3 aromatic rings. The van der Waals surface area contributed by atoms with Crippen LogP contribution in [-0.4, -0.2) is 23.3 Å². The number of benzene rings is 3. The average Bonchev–Trinajstić information content (AvgIpc) is 2.85. The highest BCUT2D eigenvalue weighted by Crippen LogP contribution is 2.37. The first-order valence-electron chi connectivity index (χ1n) is 11.6. The molecule has 1 atom stereocenters. The molecule has 1 unspecified atom stereocenters. The van der Waals surface area contributed by atoms with Crippen LogP contribution in [0.15, 0.2) is 72.8 Å². The maximum atomic E-state index is 13.3. The molecule has 3 aromatic carbocycles. The molecule has 4 rings (SSSR count). The summed E-state index contributed by atoms with van der Waals surface area (Å²) in [5.41, 5.74) is 4.05. The highest BCUT2D eigenvalue weighted by molar-refractivity contribution is 5.84. The van der Waals surface area contributed by atoms with E-state index in [1.807, 2.05) is 54.3 Å². The number of halogens is 3. The van der Waals surface area contributed by atoms with Crippen molar-refractivity contribution >= 4 is 11.8 Å². The summed E-state index contributed by atoms with van der Waals surface area (Å²) >= 11 is 0. The first-order valence-corrected chi connectivity index (χ1v) is 11.6. The third kappa shape index (κ3) is 5.73. The third-order valence-corrected chi connectivity index (χ3v) is 6.40. The number of hydrogen-bond acceptors (Lipinski definition) is 2. The molecule has 0 fully saturated rings. The van der Waals surface area contributed by atoms with E-state index < -0.39 is 11.7 Å². The molecule has 0 spiro atoms. The number of nitrogens with one attached hydrogen (secondary N) is 1. The van der Waals surface area contributed by atoms with Crippen molar-refractivity contribution in [2.45, 2.75) is 44.9 Å². The molecule has 1 aliphatic heterocycles. The van der Waals surface area contributed by atoms with E-state index in [2.05, 4.69) is 11.4 Å². The van der Waals surface area contributed by atoms with Gasteiger partial charge in [-0.3, -0.25) is 9.59 Å². The molecule has 7 heteroatoms. The van der Waals surface area contributed by atoms with E-state index >= 15 is 0 Å². The molecule has 0 aliphatic carbocycles. The Labute approximate surface area is 202 Å². The van der Waals surface area contributed by atoms with E-state index in [9.17, 15) is 22.8 Å². The quantitative estimate of drug-likeness (QED) is 0.501. The van der Waals surface area contributed by atoms with Gasteiger partial charge in [-0.2, -0.15) is 13.2 Å². The lowest BCUT2D eigenvalue weighted by molar-refractivity contribution is -0.137. The highest BCUT2D eigenvalue weighted by Gasteiger charge is 2.33. The summed E-state index contributed by atoms with van der Waals surface area (Å²) in [7, 11) is 0. The van der Waals surface area contributed by atoms with Gasteiger partial charge >= 0.3 is 6.18 Å². The molecular formula is C28H27F3N2O2. The molecule has 4 nitrogen and oxygen atoms in total. The van der Waals surface area contributed by atoms with Crippen LogP contribution >= 0.6 is 0 Å². The lowest BCUT2D eigenvalue weighted by Crippen LogP contribution is -2.41. The molecule has 0 aromatic heterocycles. The van der Waals surface area contributed by atoms with Crippen molar-refractivity contribution in [2.24, 2.45) is 0 Å². The van der Waals surface area contributed by atoms with Gasteiger partial charge in [-0.15, -0.1) is 0 Å². The van der Waals surface area contributed by atoms with Gasteiger partial charge in [0, 0.05) is 25.9 Å². The maximum Gasteiger partial charge on any atom is 0.416 e. The van der Waals surface area contributed by atoms with Gasteiger partial charge in [-0.1, -0.05) is 60.7 Å². The number of rotatable bonds is 6. The Morgan fingerprint density at radius 1 is 0.943 bits per heavy atom. The van der Waals surface area contributed by atoms with Crippen LogP contribution in [0.4, 0.5) is 13.2 Å². The second kappa shape index (κ2) is 10.3. The summed E-state index contributed by atoms with van der Waals surface area (Å²) in [5, 5.41) is 2.63. The molecule has 0 radical (unpaired) electrons. The lowest BCUT2D eigenvalue weighted by atomic mass is 9.86. The molecule has 1 aliphatic rings. The zero-order chi connectivity index (χ0) is 25.0. The Kier molecular flexibility index (Phi) is 7.24. The third-order valence-electron chi connectivity index (χ3n) is 6.40. The molecule has 182 valence electrons. The van der Waals surface area contributed by atoms with Crippen LogP contribution in [0.2, 0.25) is 0 Å². The van der Waals surface area contributed by atoms with Crippen LogP contribution in [-0.2, 0) is 28.7 Å². The van der Waals surface area contributed by atoms with Gasteiger partial charge in [0.15, 0.2) is 0 Å². The van der Waals surface area contributed by atoms with Crippen molar-refractivity contribution in [3.8, 4) is 0 Å². The number of amides is 2. The van der Waals surface area contributed by atoms with E-state index in [1.54, 1.807) is 0 Å². The first-order chi connectivity index (χ1) is 16.7. The van der Waals surface area contributed by atoms with Gasteiger partial charge in [0.25, 0.3) is 0 Å². The molecule has 2 amide bonds. The Morgan fingerprint density at radius 3 is 2.40 bits per heavy atom. The zero-order valence-corrected chi connectivity index (χ0v) is 19.4. The average molecular weight is 481 g/mol. The minimum absolute atomic E-state index is 0.0268. The second-order valence-electron chi connectivity index (χ2n) is 8.77. The Morgan fingerprint density at radius 2 is 1.66 bits per heavy atom. The lowest BCUT2D eigenvalue weighted by Gasteiger charge is -2.38. The van der Waals surface area contributed by atoms with Crippen LogP contribution < -0.4 is 5.32 Å². The molecule has 35 heavy (non-hydrogen) atoms. The van der Waals surface area contributed by atoms with Crippen molar-refractivity contribution in [3.63, 3.8) is 0 Å². The Hall–Kier alpha value is -3.61. The highest BCUT2D eigenvalue weighted by atomic mass is 19.4. The van der Waals surface area contributed by atoms with Crippen molar-refractivity contribution in [3.05, 3.63) is 106 Å². The summed E-state index contributed by atoms with van der Waals surface area (Å²) in [4.78, 5) is 27.5. The van der Waals surface area contributed by atoms with E-state index in [4.69, 9.17) is 0 Å². The van der Waals surface area contributed by atoms with E-state index in [0.29, 0.717) is 12.1 Å². The standard InChI is InChI=1S/C28H27F3N2O2/c1-19-7-2-4-11-23(19)27-24-12-5-3-9-21(24)15-16-33(27)26(35)14-13-25(34)32-18-20-8-6-10-22(17-20)28(29,30)31/h2-12,17,27H,13-16,18H2,1H3,(H,32,34). The summed E-state index contributed by atoms with van der Waals surface area (Å²) < 4.78 is 38.7. The van der Waals surface area contributed by atoms with Gasteiger partial charge in [-0.05, 0) is 53.3 Å². The number of fused-ring (bicyclic) bond motifs is 1. The summed E-state index contributed by atoms with van der Waals surface area (Å²) in [6.07, 6.45) is -3.70. The fourth-order valence-corrected chi connectivity index (χ4v) is 4.57. The number of carbonyl (C=O) groups is 2. The van der Waals surface area contributed by atoms with Gasteiger partial charge in [0.1, 0.15) is 0 Å². The van der Waals surface area contributed by atoms with Crippen molar-refractivity contribution < 1.29 is 22.8 Å². The molecule has 0 saturated carbocycles. The largest absolute Gasteiger partial charge is 0.416 e. The van der Waals surface area contributed by atoms with Crippen LogP contribution in [0.1, 0.15) is 52.3 Å². The van der Waals surface area contributed by atoms with Crippen LogP contribution in [0.3, 0.4) is 0 Å². The van der Waals surface area contributed by atoms with Crippen LogP contribution in [0, 0.1) is 6.92 Å². The second-order valence-corrected chi connectivity index (χ2v) is 8.77. The molecular weight excluding hydrogens is 453 g/mol. The predicted octanol–water partition coefficient (Wildman–Crippen LogP) is 5.58. The van der Waals surface area contributed by atoms with Gasteiger partial charge in [-0.25, -0.2) is 0 Å². The normalized spacial score (nSPS) is 15.4. The Bertz CT molecular complexity index is 1220. The van der Waals surface area contributed by atoms with E-state index in [0.717, 1.165) is 35.2 Å². The minimum atomic E-state index is -4.44. The first kappa shape index (κ1) is 24.5. The van der Waals surface area contributed by atoms with Gasteiger partial charge < -0.3 is 10.2 Å². The van der Waals surface area contributed by atoms with E-state index in [1.165, 1.54) is 17.7 Å². The molecule has 0 saturated heterocycles. The number of alkyl halides is 3. The van der Waals surface area contributed by atoms with Crippen LogP contribution in [0.25, 0.3) is 0 Å². The summed E-state index contributed by atoms with van der Waals surface area (Å²) in [6, 6.07) is 20.7. The molecule has 1 heterocycles. The van der Waals surface area contributed by atoms with Crippen molar-refractivity contribution in [2.75, 3.05) is 6.54 Å². The topological polar surface area (TPSA) is 49.4 Å². The molecule has 0 bridgehead atoms. The smallest absolute Gasteiger partial charge is 0.352 e. The van der Waals surface area contributed by atoms with Gasteiger partial charge in [0.05, 0.1) is 11.6 Å². The monoisotopic (exact) mass is 480 g/mol. The van der Waals surface area contributed by atoms with Gasteiger partial charge in [0.2, 0.25) is 11.8 Å². The van der Waals surface area contributed by atoms with Crippen molar-refractivity contribution in [1.82, 2.24) is 10.2 Å². The number of carbonyl (C=O) groups excluding carboxylic acids is 2. The minimum Gasteiger partial charge on any atom is -0.352 e. The number of nitrogens with zero attached hydrogens (tertiary/aromatic N) is 1. The predicted molar refractivity (Wildman–Crippen MR) is 127 cm³/mol. The van der Waals surface area contributed by atoms with Crippen LogP contribution in [0.5, 0.6) is 0 Å². The fourth-order valence-electron chi connectivity index (χ4n) is 4.57. The zero-order valence-electron chi connectivity index (χ0n) is 19.4. The number of hydrogen-bond donors (Lipinski definition) is 1. The van der Waals surface area contributed by atoms with E-state index in [-0.39, 0.29) is 37.2 Å². The summed E-state index contributed by atoms with van der Waals surface area (Å²) in [6.45, 7) is 2.55. The number of aryl methyl sites for hydroxylation is 1. The Balaban J connectivity index is 1.42. The fraction of sp³-hybridized carbons (Fsp3) is 0.286. The molecule has 1 N–H and O–H groups in total. The SMILES string of the molecule is Cc1ccccc1C1c2ccccc2CCN1C(=O)CCC(=O)NCc1cccc(C(F)(F)F)c1. The van der Waals surface area contributed by atoms with Crippen molar-refractivity contribution in [1.29, 1.82) is 0 Å². The maximum absolute atomic E-state index is 13.3. The summed E-state index contributed by atoms with van der Waals surface area (Å²) in [5.74, 6) is -0.498.